The monoisotopic (exact) mass is 450 g/mol. The molecule has 2 aliphatic rings. The lowest BCUT2D eigenvalue weighted by atomic mass is 10.0. The molecule has 0 N–H and O–H groups in total. The number of sulfone groups is 1. The number of carbonyl (C=O) groups is 2. The van der Waals surface area contributed by atoms with E-state index in [-0.39, 0.29) is 17.8 Å². The molecule has 8 heteroatoms. The molecule has 0 radical (unpaired) electrons. The molecular formula is C24H19FN2O4S. The molecule has 1 saturated heterocycles. The van der Waals surface area contributed by atoms with Crippen LogP contribution < -0.4 is 9.80 Å². The lowest BCUT2D eigenvalue weighted by Gasteiger charge is -2.32. The fourth-order valence-electron chi connectivity index (χ4n) is 4.54. The van der Waals surface area contributed by atoms with Gasteiger partial charge in [-0.25, -0.2) is 12.8 Å². The van der Waals surface area contributed by atoms with E-state index in [0.29, 0.717) is 11.3 Å². The van der Waals surface area contributed by atoms with Gasteiger partial charge in [0.05, 0.1) is 12.2 Å². The zero-order valence-electron chi connectivity index (χ0n) is 17.2. The predicted octanol–water partition coefficient (Wildman–Crippen LogP) is 3.30. The molecular weight excluding hydrogens is 431 g/mol. The predicted molar refractivity (Wildman–Crippen MR) is 118 cm³/mol. The molecule has 0 bridgehead atoms. The number of carbonyl (C=O) groups excluding carboxylic acids is 2. The normalized spacial score (nSPS) is 21.4. The van der Waals surface area contributed by atoms with Gasteiger partial charge in [0.15, 0.2) is 9.84 Å². The maximum atomic E-state index is 14.4. The zero-order chi connectivity index (χ0) is 22.7. The Kier molecular flexibility index (Phi) is 4.46. The number of fused-ring (bicyclic) bond motifs is 2. The Morgan fingerprint density at radius 3 is 2.38 bits per heavy atom. The highest BCUT2D eigenvalue weighted by Crippen LogP contribution is 2.52. The van der Waals surface area contributed by atoms with Crippen LogP contribution >= 0.6 is 0 Å². The summed E-state index contributed by atoms with van der Waals surface area (Å²) in [5.41, 5.74) is 1.80. The van der Waals surface area contributed by atoms with Gasteiger partial charge in [-0.15, -0.1) is 0 Å². The zero-order valence-corrected chi connectivity index (χ0v) is 18.0. The SMILES string of the molecule is Cc1ccc(N2C(=O)CS(=O)(=O)C23C(=O)N(Cc2ccccc2)c2ccccc23)cc1F. The molecule has 1 fully saturated rings. The van der Waals surface area contributed by atoms with Gasteiger partial charge in [0.1, 0.15) is 11.6 Å². The van der Waals surface area contributed by atoms with Gasteiger partial charge >= 0.3 is 0 Å². The third-order valence-corrected chi connectivity index (χ3v) is 8.12. The second-order valence-corrected chi connectivity index (χ2v) is 10.1. The molecule has 3 aromatic rings. The summed E-state index contributed by atoms with van der Waals surface area (Å²) < 4.78 is 41.4. The lowest BCUT2D eigenvalue weighted by molar-refractivity contribution is -0.123. The second-order valence-electron chi connectivity index (χ2n) is 7.96. The van der Waals surface area contributed by atoms with E-state index in [1.54, 1.807) is 31.2 Å². The first-order valence-corrected chi connectivity index (χ1v) is 11.7. The summed E-state index contributed by atoms with van der Waals surface area (Å²) in [4.78, 5) is 27.0. The number of benzene rings is 3. The maximum absolute atomic E-state index is 14.4. The fourth-order valence-corrected chi connectivity index (χ4v) is 6.57. The van der Waals surface area contributed by atoms with Crippen LogP contribution in [0.3, 0.4) is 0 Å². The van der Waals surface area contributed by atoms with Crippen LogP contribution in [0.5, 0.6) is 0 Å². The minimum atomic E-state index is -4.28. The number of rotatable bonds is 3. The van der Waals surface area contributed by atoms with Crippen molar-refractivity contribution in [2.45, 2.75) is 18.3 Å². The minimum Gasteiger partial charge on any atom is -0.304 e. The van der Waals surface area contributed by atoms with Crippen LogP contribution in [0.2, 0.25) is 0 Å². The molecule has 3 aromatic carbocycles. The van der Waals surface area contributed by atoms with E-state index >= 15 is 0 Å². The van der Waals surface area contributed by atoms with Crippen LogP contribution in [0.4, 0.5) is 15.8 Å². The molecule has 5 rings (SSSR count). The first-order valence-electron chi connectivity index (χ1n) is 10.0. The number of halogens is 1. The third-order valence-electron chi connectivity index (χ3n) is 6.02. The molecule has 0 saturated carbocycles. The van der Waals surface area contributed by atoms with E-state index in [1.165, 1.54) is 17.0 Å². The number of amides is 2. The molecule has 162 valence electrons. The van der Waals surface area contributed by atoms with Gasteiger partial charge in [0, 0.05) is 11.3 Å². The standard InChI is InChI=1S/C24H19FN2O4S/c1-16-11-12-18(13-20(16)25)27-22(28)15-32(30,31)24(27)19-9-5-6-10-21(19)26(23(24)29)14-17-7-3-2-4-8-17/h2-13H,14-15H2,1H3. The van der Waals surface area contributed by atoms with Crippen LogP contribution in [0.1, 0.15) is 16.7 Å². The van der Waals surface area contributed by atoms with Gasteiger partial charge in [-0.05, 0) is 36.2 Å². The number of aryl methyl sites for hydroxylation is 1. The quantitative estimate of drug-likeness (QED) is 0.614. The summed E-state index contributed by atoms with van der Waals surface area (Å²) in [5.74, 6) is -2.93. The van der Waals surface area contributed by atoms with Gasteiger partial charge in [0.2, 0.25) is 5.91 Å². The van der Waals surface area contributed by atoms with Crippen molar-refractivity contribution in [3.63, 3.8) is 0 Å². The van der Waals surface area contributed by atoms with Crippen LogP contribution in [0.15, 0.2) is 72.8 Å². The average molecular weight is 450 g/mol. The number of para-hydroxylation sites is 1. The molecule has 1 atom stereocenters. The van der Waals surface area contributed by atoms with Crippen molar-refractivity contribution in [1.82, 2.24) is 0 Å². The maximum Gasteiger partial charge on any atom is 0.274 e. The summed E-state index contributed by atoms with van der Waals surface area (Å²) in [6.45, 7) is 1.70. The minimum absolute atomic E-state index is 0.0314. The fraction of sp³-hybridized carbons (Fsp3) is 0.167. The average Bonchev–Trinajstić information content (AvgIpc) is 3.14. The number of nitrogens with zero attached hydrogens (tertiary/aromatic N) is 2. The van der Waals surface area contributed by atoms with Gasteiger partial charge in [0.25, 0.3) is 10.8 Å². The Balaban J connectivity index is 1.75. The summed E-state index contributed by atoms with van der Waals surface area (Å²) in [6.07, 6.45) is 0. The van der Waals surface area contributed by atoms with E-state index in [9.17, 15) is 22.4 Å². The molecule has 2 amide bonds. The van der Waals surface area contributed by atoms with Crippen molar-refractivity contribution in [3.8, 4) is 0 Å². The van der Waals surface area contributed by atoms with E-state index in [4.69, 9.17) is 0 Å². The molecule has 0 aliphatic carbocycles. The summed E-state index contributed by atoms with van der Waals surface area (Å²) in [6, 6.07) is 19.8. The van der Waals surface area contributed by atoms with Crippen molar-refractivity contribution in [2.24, 2.45) is 0 Å². The molecule has 2 heterocycles. The highest BCUT2D eigenvalue weighted by atomic mass is 32.2. The van der Waals surface area contributed by atoms with Crippen molar-refractivity contribution in [2.75, 3.05) is 15.6 Å². The first kappa shape index (κ1) is 20.4. The Bertz CT molecular complexity index is 1370. The lowest BCUT2D eigenvalue weighted by Crippen LogP contribution is -2.54. The van der Waals surface area contributed by atoms with E-state index < -0.39 is 38.1 Å². The van der Waals surface area contributed by atoms with E-state index in [0.717, 1.165) is 16.5 Å². The largest absolute Gasteiger partial charge is 0.304 e. The third kappa shape index (κ3) is 2.65. The van der Waals surface area contributed by atoms with E-state index in [1.807, 2.05) is 30.3 Å². The van der Waals surface area contributed by atoms with Crippen LogP contribution in [0.25, 0.3) is 0 Å². The molecule has 1 spiro atoms. The van der Waals surface area contributed by atoms with Gasteiger partial charge < -0.3 is 4.90 Å². The van der Waals surface area contributed by atoms with Gasteiger partial charge in [-0.1, -0.05) is 54.6 Å². The van der Waals surface area contributed by atoms with Crippen molar-refractivity contribution < 1.29 is 22.4 Å². The van der Waals surface area contributed by atoms with Crippen LogP contribution in [-0.2, 0) is 30.8 Å². The topological polar surface area (TPSA) is 74.8 Å². The summed E-state index contributed by atoms with van der Waals surface area (Å²) in [5, 5.41) is 0. The smallest absolute Gasteiger partial charge is 0.274 e. The summed E-state index contributed by atoms with van der Waals surface area (Å²) >= 11 is 0. The van der Waals surface area contributed by atoms with Crippen LogP contribution in [0, 0.1) is 12.7 Å². The van der Waals surface area contributed by atoms with Gasteiger partial charge in [-0.3, -0.25) is 14.5 Å². The Morgan fingerprint density at radius 1 is 0.969 bits per heavy atom. The van der Waals surface area contributed by atoms with Crippen LogP contribution in [-0.4, -0.2) is 26.0 Å². The number of hydrogen-bond donors (Lipinski definition) is 0. The van der Waals surface area contributed by atoms with Crippen molar-refractivity contribution in [1.29, 1.82) is 0 Å². The highest BCUT2D eigenvalue weighted by Gasteiger charge is 2.69. The Morgan fingerprint density at radius 2 is 1.66 bits per heavy atom. The number of hydrogen-bond acceptors (Lipinski definition) is 4. The second kappa shape index (κ2) is 7.00. The first-order chi connectivity index (χ1) is 15.3. The molecule has 2 aliphatic heterocycles. The molecule has 0 aromatic heterocycles. The van der Waals surface area contributed by atoms with Crippen molar-refractivity contribution in [3.05, 3.63) is 95.3 Å². The number of anilines is 2. The molecule has 32 heavy (non-hydrogen) atoms. The van der Waals surface area contributed by atoms with Gasteiger partial charge in [-0.2, -0.15) is 0 Å². The Hall–Kier alpha value is -3.52. The molecule has 1 unspecified atom stereocenters. The Labute approximate surface area is 184 Å². The highest BCUT2D eigenvalue weighted by molar-refractivity contribution is 7.94. The summed E-state index contributed by atoms with van der Waals surface area (Å²) in [7, 11) is -4.28. The molecule has 6 nitrogen and oxygen atoms in total. The van der Waals surface area contributed by atoms with E-state index in [2.05, 4.69) is 0 Å². The van der Waals surface area contributed by atoms with Crippen molar-refractivity contribution >= 4 is 33.0 Å².